The Hall–Kier alpha value is -3.22. The number of benzene rings is 4. The van der Waals surface area contributed by atoms with Gasteiger partial charge in [0.15, 0.2) is 0 Å². The van der Waals surface area contributed by atoms with Crippen LogP contribution >= 0.6 is 7.92 Å². The highest BCUT2D eigenvalue weighted by Crippen LogP contribution is 2.55. The fourth-order valence-corrected chi connectivity index (χ4v) is 10.9. The fraction of sp³-hybridized carbons (Fsp3) is 0.457. The lowest BCUT2D eigenvalue weighted by Gasteiger charge is -2.35. The van der Waals surface area contributed by atoms with Crippen LogP contribution in [-0.4, -0.2) is 11.1 Å². The van der Waals surface area contributed by atoms with E-state index in [4.69, 9.17) is 0 Å². The molecule has 2 aliphatic rings. The van der Waals surface area contributed by atoms with Crippen LogP contribution in [0.2, 0.25) is 0 Å². The number of carbonyl (C=O) groups is 1. The zero-order chi connectivity index (χ0) is 35.9. The molecule has 1 atom stereocenters. The minimum atomic E-state index is -1.01. The van der Waals surface area contributed by atoms with E-state index in [9.17, 15) is 9.90 Å². The van der Waals surface area contributed by atoms with Crippen molar-refractivity contribution in [1.82, 2.24) is 0 Å². The van der Waals surface area contributed by atoms with Crippen molar-refractivity contribution in [2.45, 2.75) is 136 Å². The van der Waals surface area contributed by atoms with E-state index in [1.807, 2.05) is 12.1 Å². The summed E-state index contributed by atoms with van der Waals surface area (Å²) in [6.07, 6.45) is 3.82. The van der Waals surface area contributed by atoms with Gasteiger partial charge in [-0.25, -0.2) is 4.79 Å². The molecule has 0 heterocycles. The zero-order valence-corrected chi connectivity index (χ0v) is 33.0. The summed E-state index contributed by atoms with van der Waals surface area (Å²) in [6.45, 7) is 28.0. The van der Waals surface area contributed by atoms with Gasteiger partial charge in [-0.15, -0.1) is 0 Å². The van der Waals surface area contributed by atoms with Gasteiger partial charge in [0.2, 0.25) is 0 Å². The van der Waals surface area contributed by atoms with E-state index in [-0.39, 0.29) is 27.1 Å². The second kappa shape index (κ2) is 11.9. The van der Waals surface area contributed by atoms with Gasteiger partial charge in [-0.05, 0) is 122 Å². The molecular formula is C46H57O2P. The molecule has 0 aliphatic heterocycles. The van der Waals surface area contributed by atoms with Crippen molar-refractivity contribution in [2.75, 3.05) is 0 Å². The Labute approximate surface area is 297 Å². The number of carboxylic acids is 1. The second-order valence-electron chi connectivity index (χ2n) is 18.9. The molecule has 1 N–H and O–H groups in total. The van der Waals surface area contributed by atoms with Crippen molar-refractivity contribution in [1.29, 1.82) is 0 Å². The van der Waals surface area contributed by atoms with Gasteiger partial charge in [0, 0.05) is 5.41 Å². The second-order valence-corrected chi connectivity index (χ2v) is 21.1. The number of hydrogen-bond donors (Lipinski definition) is 1. The number of aromatic carboxylic acids is 1. The normalized spacial score (nSPS) is 17.9. The Kier molecular flexibility index (Phi) is 8.68. The average Bonchev–Trinajstić information content (AvgIpc) is 3.57. The first-order valence-electron chi connectivity index (χ1n) is 18.2. The van der Waals surface area contributed by atoms with Gasteiger partial charge in [-0.1, -0.05) is 150 Å². The zero-order valence-electron chi connectivity index (χ0n) is 32.1. The minimum Gasteiger partial charge on any atom is -0.478 e. The van der Waals surface area contributed by atoms with Crippen molar-refractivity contribution in [3.8, 4) is 0 Å². The number of aryl methyl sites for hydroxylation is 2. The lowest BCUT2D eigenvalue weighted by atomic mass is 9.75. The van der Waals surface area contributed by atoms with Crippen LogP contribution in [0.25, 0.3) is 0 Å². The number of fused-ring (bicyclic) bond motifs is 4. The van der Waals surface area contributed by atoms with Crippen LogP contribution < -0.4 is 15.9 Å². The van der Waals surface area contributed by atoms with Gasteiger partial charge >= 0.3 is 5.97 Å². The molecular weight excluding hydrogens is 615 g/mol. The summed E-state index contributed by atoms with van der Waals surface area (Å²) in [6, 6.07) is 27.8. The highest BCUT2D eigenvalue weighted by Gasteiger charge is 2.49. The van der Waals surface area contributed by atoms with Crippen LogP contribution in [0.15, 0.2) is 72.8 Å². The Morgan fingerprint density at radius 3 is 1.35 bits per heavy atom. The van der Waals surface area contributed by atoms with Gasteiger partial charge in [-0.3, -0.25) is 0 Å². The third-order valence-corrected chi connectivity index (χ3v) is 13.6. The molecule has 258 valence electrons. The van der Waals surface area contributed by atoms with Crippen LogP contribution in [0, 0.1) is 0 Å². The van der Waals surface area contributed by atoms with Crippen LogP contribution in [0.4, 0.5) is 0 Å². The first-order chi connectivity index (χ1) is 22.6. The van der Waals surface area contributed by atoms with Crippen LogP contribution in [0.3, 0.4) is 0 Å². The van der Waals surface area contributed by atoms with E-state index in [1.165, 1.54) is 54.9 Å². The first-order valence-corrected chi connectivity index (χ1v) is 19.6. The fourth-order valence-electron chi connectivity index (χ4n) is 8.17. The van der Waals surface area contributed by atoms with E-state index in [0.29, 0.717) is 5.56 Å². The van der Waals surface area contributed by atoms with Crippen LogP contribution in [0.5, 0.6) is 0 Å². The summed E-state index contributed by atoms with van der Waals surface area (Å²) in [5.74, 6) is -0.813. The van der Waals surface area contributed by atoms with E-state index in [2.05, 4.69) is 144 Å². The quantitative estimate of drug-likeness (QED) is 0.219. The van der Waals surface area contributed by atoms with Crippen molar-refractivity contribution in [3.05, 3.63) is 123 Å². The van der Waals surface area contributed by atoms with Crippen molar-refractivity contribution >= 4 is 29.8 Å². The summed E-state index contributed by atoms with van der Waals surface area (Å²) in [7, 11) is -1.01. The molecule has 2 aliphatic carbocycles. The molecule has 0 unspecified atom stereocenters. The maximum atomic E-state index is 12.8. The van der Waals surface area contributed by atoms with E-state index in [0.717, 1.165) is 31.2 Å². The molecule has 0 saturated carbocycles. The minimum absolute atomic E-state index is 0.0124. The topological polar surface area (TPSA) is 37.3 Å². The molecule has 2 nitrogen and oxygen atoms in total. The lowest BCUT2D eigenvalue weighted by molar-refractivity contribution is 0.0694. The van der Waals surface area contributed by atoms with Gasteiger partial charge in [0.1, 0.15) is 0 Å². The summed E-state index contributed by atoms with van der Waals surface area (Å²) >= 11 is 0. The van der Waals surface area contributed by atoms with E-state index < -0.39 is 13.9 Å². The molecule has 4 aromatic rings. The Bertz CT molecular complexity index is 1790. The monoisotopic (exact) mass is 672 g/mol. The van der Waals surface area contributed by atoms with Gasteiger partial charge in [0.25, 0.3) is 0 Å². The Balaban J connectivity index is 1.74. The molecule has 6 rings (SSSR count). The molecule has 49 heavy (non-hydrogen) atoms. The third kappa shape index (κ3) is 6.44. The van der Waals surface area contributed by atoms with E-state index in [1.54, 1.807) is 0 Å². The number of rotatable bonds is 4. The highest BCUT2D eigenvalue weighted by atomic mass is 31.1. The summed E-state index contributed by atoms with van der Waals surface area (Å²) in [5.41, 5.74) is 10.7. The number of hydrogen-bond acceptors (Lipinski definition) is 1. The largest absolute Gasteiger partial charge is 0.478 e. The Morgan fingerprint density at radius 2 is 0.959 bits per heavy atom. The molecule has 0 amide bonds. The van der Waals surface area contributed by atoms with E-state index >= 15 is 0 Å². The molecule has 0 aromatic heterocycles. The lowest BCUT2D eigenvalue weighted by Crippen LogP contribution is -2.34. The van der Waals surface area contributed by atoms with Crippen molar-refractivity contribution in [2.24, 2.45) is 0 Å². The summed E-state index contributed by atoms with van der Waals surface area (Å²) in [5, 5.41) is 14.7. The summed E-state index contributed by atoms with van der Waals surface area (Å²) in [4.78, 5) is 12.8. The summed E-state index contributed by atoms with van der Waals surface area (Å²) < 4.78 is 0. The molecule has 1 spiro atoms. The smallest absolute Gasteiger partial charge is 0.336 e. The molecule has 3 heteroatoms. The van der Waals surface area contributed by atoms with Crippen LogP contribution in [-0.2, 0) is 39.9 Å². The molecule has 4 aromatic carbocycles. The van der Waals surface area contributed by atoms with Gasteiger partial charge in [-0.2, -0.15) is 0 Å². The molecule has 0 radical (unpaired) electrons. The molecule has 0 fully saturated rings. The predicted molar refractivity (Wildman–Crippen MR) is 211 cm³/mol. The maximum Gasteiger partial charge on any atom is 0.336 e. The SMILES string of the molecule is CC(C)(C)c1cc(P(c2cc(C(C)(C)C)cc(C(C)(C)C)c2)c2cccc3c2[C@]2(CCc4cccc(C(=O)O)c42)CC3)cc(C(C)(C)C)c1. The third-order valence-electron chi connectivity index (χ3n) is 11.2. The van der Waals surface area contributed by atoms with Crippen LogP contribution in [0.1, 0.15) is 151 Å². The standard InChI is InChI=1S/C46H57O2P/c1-42(2,3)31-23-32(43(4,5)6)26-35(25-31)49(36-27-33(44(7,8)9)24-34(28-36)45(10,11)12)38-18-14-16-30-20-22-46(40(30)38)21-19-29-15-13-17-37(39(29)46)41(47)48/h13-18,23-28H,19-22H2,1-12H3,(H,47,48)/t46-/m1/s1. The average molecular weight is 673 g/mol. The van der Waals surface area contributed by atoms with Gasteiger partial charge < -0.3 is 5.11 Å². The first kappa shape index (κ1) is 35.6. The van der Waals surface area contributed by atoms with Gasteiger partial charge in [0.05, 0.1) is 5.56 Å². The van der Waals surface area contributed by atoms with Crippen molar-refractivity contribution < 1.29 is 9.90 Å². The molecule has 0 bridgehead atoms. The predicted octanol–water partition coefficient (Wildman–Crippen LogP) is 10.5. The number of carboxylic acid groups (broad SMARTS) is 1. The van der Waals surface area contributed by atoms with Crippen molar-refractivity contribution in [3.63, 3.8) is 0 Å². The Morgan fingerprint density at radius 1 is 0.571 bits per heavy atom. The maximum absolute atomic E-state index is 12.8. The highest BCUT2D eigenvalue weighted by molar-refractivity contribution is 7.80. The molecule has 0 saturated heterocycles.